The Morgan fingerprint density at radius 1 is 1.26 bits per heavy atom. The number of nitrogens with one attached hydrogen (secondary N) is 2. The smallest absolute Gasteiger partial charge is 0.321 e. The lowest BCUT2D eigenvalue weighted by Crippen LogP contribution is -2.43. The Morgan fingerprint density at radius 2 is 2.09 bits per heavy atom. The van der Waals surface area contributed by atoms with Crippen molar-refractivity contribution in [3.05, 3.63) is 57.2 Å². The molecule has 5 nitrogen and oxygen atoms in total. The Morgan fingerprint density at radius 3 is 2.78 bits per heavy atom. The first kappa shape index (κ1) is 17.5. The van der Waals surface area contributed by atoms with Crippen LogP contribution < -0.4 is 10.6 Å². The summed E-state index contributed by atoms with van der Waals surface area (Å²) >= 11 is 7.48. The number of thiophene rings is 1. The standard InChI is InChI=1S/C16H18ClN3O2S/c1-20(10-12-4-2-5-13(17)8-12)11-15(21)19-16(22)18-9-14-6-3-7-23-14/h2-8H,9-11H2,1H3,(H2,18,19,21,22). The van der Waals surface area contributed by atoms with Crippen LogP contribution in [0.1, 0.15) is 10.4 Å². The first-order valence-corrected chi connectivity index (χ1v) is 8.32. The summed E-state index contributed by atoms with van der Waals surface area (Å²) in [5.41, 5.74) is 1.01. The van der Waals surface area contributed by atoms with Crippen molar-refractivity contribution in [2.45, 2.75) is 13.1 Å². The number of imide groups is 1. The maximum atomic E-state index is 11.8. The van der Waals surface area contributed by atoms with Crippen molar-refractivity contribution >= 4 is 34.9 Å². The maximum absolute atomic E-state index is 11.8. The Bertz CT molecular complexity index is 661. The fourth-order valence-electron chi connectivity index (χ4n) is 2.04. The number of rotatable bonds is 6. The minimum absolute atomic E-state index is 0.124. The Hall–Kier alpha value is -1.89. The van der Waals surface area contributed by atoms with E-state index in [-0.39, 0.29) is 12.5 Å². The molecule has 1 heterocycles. The van der Waals surface area contributed by atoms with Gasteiger partial charge in [0.25, 0.3) is 0 Å². The van der Waals surface area contributed by atoms with Crippen molar-refractivity contribution in [2.24, 2.45) is 0 Å². The molecule has 3 amide bonds. The number of halogens is 1. The molecular formula is C16H18ClN3O2S. The summed E-state index contributed by atoms with van der Waals surface area (Å²) in [7, 11) is 1.81. The van der Waals surface area contributed by atoms with Gasteiger partial charge in [0.05, 0.1) is 13.1 Å². The number of nitrogens with zero attached hydrogens (tertiary/aromatic N) is 1. The van der Waals surface area contributed by atoms with Gasteiger partial charge in [-0.15, -0.1) is 11.3 Å². The molecule has 7 heteroatoms. The van der Waals surface area contributed by atoms with E-state index in [1.807, 2.05) is 47.7 Å². The third-order valence-corrected chi connectivity index (χ3v) is 4.12. The van der Waals surface area contributed by atoms with Crippen molar-refractivity contribution in [2.75, 3.05) is 13.6 Å². The minimum Gasteiger partial charge on any atom is -0.333 e. The molecule has 0 atom stereocenters. The van der Waals surface area contributed by atoms with Gasteiger partial charge in [0.15, 0.2) is 0 Å². The lowest BCUT2D eigenvalue weighted by atomic mass is 10.2. The number of urea groups is 1. The molecule has 1 aromatic heterocycles. The number of amides is 3. The number of carbonyl (C=O) groups is 2. The molecule has 2 aromatic rings. The van der Waals surface area contributed by atoms with Gasteiger partial charge in [0.1, 0.15) is 0 Å². The molecule has 0 aliphatic rings. The maximum Gasteiger partial charge on any atom is 0.321 e. The average molecular weight is 352 g/mol. The highest BCUT2D eigenvalue weighted by Gasteiger charge is 2.11. The second-order valence-electron chi connectivity index (χ2n) is 5.11. The van der Waals surface area contributed by atoms with Crippen LogP contribution in [0, 0.1) is 0 Å². The second kappa shape index (κ2) is 8.67. The van der Waals surface area contributed by atoms with Crippen LogP contribution in [-0.4, -0.2) is 30.4 Å². The van der Waals surface area contributed by atoms with Gasteiger partial charge in [-0.25, -0.2) is 4.79 Å². The Balaban J connectivity index is 1.71. The van der Waals surface area contributed by atoms with E-state index in [4.69, 9.17) is 11.6 Å². The zero-order valence-corrected chi connectivity index (χ0v) is 14.3. The normalized spacial score (nSPS) is 10.6. The molecule has 0 bridgehead atoms. The number of carbonyl (C=O) groups excluding carboxylic acids is 2. The molecule has 23 heavy (non-hydrogen) atoms. The first-order chi connectivity index (χ1) is 11.0. The van der Waals surface area contributed by atoms with Crippen molar-refractivity contribution in [1.82, 2.24) is 15.5 Å². The number of hydrogen-bond donors (Lipinski definition) is 2. The monoisotopic (exact) mass is 351 g/mol. The van der Waals surface area contributed by atoms with Crippen LogP contribution >= 0.6 is 22.9 Å². The van der Waals surface area contributed by atoms with E-state index in [0.29, 0.717) is 18.1 Å². The van der Waals surface area contributed by atoms with E-state index < -0.39 is 6.03 Å². The van der Waals surface area contributed by atoms with Crippen molar-refractivity contribution < 1.29 is 9.59 Å². The van der Waals surface area contributed by atoms with E-state index in [9.17, 15) is 9.59 Å². The summed E-state index contributed by atoms with van der Waals surface area (Å²) in [5, 5.41) is 7.56. The van der Waals surface area contributed by atoms with Crippen LogP contribution in [-0.2, 0) is 17.9 Å². The Labute approximate surface area is 144 Å². The molecule has 1 aromatic carbocycles. The summed E-state index contributed by atoms with van der Waals surface area (Å²) in [5.74, 6) is -0.349. The molecule has 2 rings (SSSR count). The van der Waals surface area contributed by atoms with Crippen molar-refractivity contribution in [3.8, 4) is 0 Å². The van der Waals surface area contributed by atoms with Crippen LogP contribution in [0.5, 0.6) is 0 Å². The highest BCUT2D eigenvalue weighted by Crippen LogP contribution is 2.12. The summed E-state index contributed by atoms with van der Waals surface area (Å²) in [6, 6.07) is 10.8. The zero-order valence-electron chi connectivity index (χ0n) is 12.7. The van der Waals surface area contributed by atoms with Crippen LogP contribution in [0.4, 0.5) is 4.79 Å². The fourth-order valence-corrected chi connectivity index (χ4v) is 2.90. The van der Waals surface area contributed by atoms with E-state index >= 15 is 0 Å². The summed E-state index contributed by atoms with van der Waals surface area (Å²) < 4.78 is 0. The molecular weight excluding hydrogens is 334 g/mol. The largest absolute Gasteiger partial charge is 0.333 e. The van der Waals surface area contributed by atoms with Gasteiger partial charge in [-0.3, -0.25) is 15.0 Å². The van der Waals surface area contributed by atoms with Crippen molar-refractivity contribution in [3.63, 3.8) is 0 Å². The van der Waals surface area contributed by atoms with Gasteiger partial charge in [-0.2, -0.15) is 0 Å². The van der Waals surface area contributed by atoms with Crippen LogP contribution in [0.15, 0.2) is 41.8 Å². The van der Waals surface area contributed by atoms with E-state index in [1.165, 1.54) is 0 Å². The minimum atomic E-state index is -0.487. The molecule has 0 radical (unpaired) electrons. The van der Waals surface area contributed by atoms with Crippen LogP contribution in [0.3, 0.4) is 0 Å². The SMILES string of the molecule is CN(CC(=O)NC(=O)NCc1cccs1)Cc1cccc(Cl)c1. The molecule has 0 saturated heterocycles. The molecule has 2 N–H and O–H groups in total. The fraction of sp³-hybridized carbons (Fsp3) is 0.250. The zero-order chi connectivity index (χ0) is 16.7. The molecule has 122 valence electrons. The molecule has 0 fully saturated rings. The summed E-state index contributed by atoms with van der Waals surface area (Å²) in [6.45, 7) is 1.11. The molecule has 0 spiro atoms. The predicted octanol–water partition coefficient (Wildman–Crippen LogP) is 2.86. The lowest BCUT2D eigenvalue weighted by molar-refractivity contribution is -0.120. The number of likely N-dealkylation sites (N-methyl/N-ethyl adjacent to an activating group) is 1. The highest BCUT2D eigenvalue weighted by atomic mass is 35.5. The quantitative estimate of drug-likeness (QED) is 0.841. The topological polar surface area (TPSA) is 61.4 Å². The highest BCUT2D eigenvalue weighted by molar-refractivity contribution is 7.09. The van der Waals surface area contributed by atoms with Gasteiger partial charge in [0, 0.05) is 16.4 Å². The van der Waals surface area contributed by atoms with Gasteiger partial charge in [-0.05, 0) is 36.2 Å². The second-order valence-corrected chi connectivity index (χ2v) is 6.58. The van der Waals surface area contributed by atoms with E-state index in [2.05, 4.69) is 10.6 Å². The third-order valence-electron chi connectivity index (χ3n) is 3.01. The average Bonchev–Trinajstić information content (AvgIpc) is 2.98. The van der Waals surface area contributed by atoms with Crippen molar-refractivity contribution in [1.29, 1.82) is 0 Å². The van der Waals surface area contributed by atoms with Gasteiger partial charge < -0.3 is 5.32 Å². The summed E-state index contributed by atoms with van der Waals surface area (Å²) in [6.07, 6.45) is 0. The van der Waals surface area contributed by atoms with Gasteiger partial charge in [-0.1, -0.05) is 29.8 Å². The third kappa shape index (κ3) is 6.40. The molecule has 0 aliphatic carbocycles. The van der Waals surface area contributed by atoms with Crippen LogP contribution in [0.2, 0.25) is 5.02 Å². The van der Waals surface area contributed by atoms with E-state index in [0.717, 1.165) is 10.4 Å². The Kier molecular flexibility index (Phi) is 6.58. The first-order valence-electron chi connectivity index (χ1n) is 7.06. The summed E-state index contributed by atoms with van der Waals surface area (Å²) in [4.78, 5) is 26.4. The molecule has 0 unspecified atom stereocenters. The number of benzene rings is 1. The molecule has 0 saturated carbocycles. The van der Waals surface area contributed by atoms with Gasteiger partial charge in [0.2, 0.25) is 5.91 Å². The molecule has 0 aliphatic heterocycles. The predicted molar refractivity (Wildman–Crippen MR) is 92.5 cm³/mol. The lowest BCUT2D eigenvalue weighted by Gasteiger charge is -2.16. The van der Waals surface area contributed by atoms with E-state index in [1.54, 1.807) is 17.4 Å². The van der Waals surface area contributed by atoms with Gasteiger partial charge >= 0.3 is 6.03 Å². The van der Waals surface area contributed by atoms with Crippen LogP contribution in [0.25, 0.3) is 0 Å². The number of hydrogen-bond acceptors (Lipinski definition) is 4.